The Morgan fingerprint density at radius 1 is 1.25 bits per heavy atom. The minimum atomic E-state index is 0.530. The van der Waals surface area contributed by atoms with Gasteiger partial charge in [0.25, 0.3) is 0 Å². The van der Waals surface area contributed by atoms with E-state index in [1.54, 1.807) is 0 Å². The molecule has 1 nitrogen and oxygen atoms in total. The van der Waals surface area contributed by atoms with Gasteiger partial charge in [-0.1, -0.05) is 54.9 Å². The van der Waals surface area contributed by atoms with Crippen LogP contribution in [0.2, 0.25) is 0 Å². The minimum Gasteiger partial charge on any atom is -0.493 e. The summed E-state index contributed by atoms with van der Waals surface area (Å²) in [4.78, 5) is 0.543. The topological polar surface area (TPSA) is 9.23 Å². The summed E-state index contributed by atoms with van der Waals surface area (Å²) in [5, 5.41) is 0. The lowest BCUT2D eigenvalue weighted by molar-refractivity contribution is 0.312. The molecule has 2 heteroatoms. The first-order valence-electron chi connectivity index (χ1n) is 6.01. The molecule has 0 aromatic heterocycles. The molecule has 2 unspecified atom stereocenters. The SMILES string of the molecule is CCCOc1ccccc1C(C)CC(C)Br. The zero-order valence-corrected chi connectivity index (χ0v) is 12.0. The van der Waals surface area contributed by atoms with Crippen molar-refractivity contribution >= 4 is 15.9 Å². The zero-order valence-electron chi connectivity index (χ0n) is 10.4. The lowest BCUT2D eigenvalue weighted by Gasteiger charge is -2.17. The van der Waals surface area contributed by atoms with Gasteiger partial charge >= 0.3 is 0 Å². The van der Waals surface area contributed by atoms with Crippen LogP contribution in [0.3, 0.4) is 0 Å². The molecule has 16 heavy (non-hydrogen) atoms. The Labute approximate surface area is 107 Å². The highest BCUT2D eigenvalue weighted by molar-refractivity contribution is 9.09. The molecule has 1 aromatic carbocycles. The van der Waals surface area contributed by atoms with Crippen LogP contribution in [0, 0.1) is 0 Å². The molecule has 0 fully saturated rings. The average Bonchev–Trinajstić information content (AvgIpc) is 2.25. The van der Waals surface area contributed by atoms with Gasteiger partial charge in [0.2, 0.25) is 0 Å². The van der Waals surface area contributed by atoms with Crippen molar-refractivity contribution in [1.82, 2.24) is 0 Å². The van der Waals surface area contributed by atoms with Crippen molar-refractivity contribution in [2.45, 2.75) is 44.4 Å². The quantitative estimate of drug-likeness (QED) is 0.685. The van der Waals surface area contributed by atoms with Crippen LogP contribution < -0.4 is 4.74 Å². The van der Waals surface area contributed by atoms with E-state index in [9.17, 15) is 0 Å². The van der Waals surface area contributed by atoms with Gasteiger partial charge in [-0.2, -0.15) is 0 Å². The Bertz CT molecular complexity index is 309. The van der Waals surface area contributed by atoms with Gasteiger partial charge < -0.3 is 4.74 Å². The normalized spacial score (nSPS) is 14.5. The Kier molecular flexibility index (Phi) is 5.89. The Morgan fingerprint density at radius 2 is 1.94 bits per heavy atom. The van der Waals surface area contributed by atoms with E-state index in [0.717, 1.165) is 25.2 Å². The summed E-state index contributed by atoms with van der Waals surface area (Å²) < 4.78 is 5.77. The number of halogens is 1. The maximum atomic E-state index is 5.77. The first-order chi connectivity index (χ1) is 7.65. The highest BCUT2D eigenvalue weighted by atomic mass is 79.9. The van der Waals surface area contributed by atoms with Gasteiger partial charge in [0, 0.05) is 4.83 Å². The van der Waals surface area contributed by atoms with Crippen molar-refractivity contribution in [3.8, 4) is 5.75 Å². The summed E-state index contributed by atoms with van der Waals surface area (Å²) >= 11 is 3.61. The van der Waals surface area contributed by atoms with Gasteiger partial charge in [0.15, 0.2) is 0 Å². The van der Waals surface area contributed by atoms with Gasteiger partial charge in [-0.25, -0.2) is 0 Å². The standard InChI is InChI=1S/C14H21BrO/c1-4-9-16-14-8-6-5-7-13(14)11(2)10-12(3)15/h5-8,11-12H,4,9-10H2,1-3H3. The molecule has 2 atom stereocenters. The van der Waals surface area contributed by atoms with Gasteiger partial charge in [-0.05, 0) is 30.4 Å². The maximum Gasteiger partial charge on any atom is 0.122 e. The smallest absolute Gasteiger partial charge is 0.122 e. The number of alkyl halides is 1. The predicted octanol–water partition coefficient (Wildman–Crippen LogP) is 4.75. The molecule has 0 saturated heterocycles. The van der Waals surface area contributed by atoms with E-state index in [1.807, 2.05) is 6.07 Å². The molecule has 0 heterocycles. The lowest BCUT2D eigenvalue weighted by Crippen LogP contribution is -2.04. The van der Waals surface area contributed by atoms with Gasteiger partial charge in [-0.15, -0.1) is 0 Å². The fourth-order valence-electron chi connectivity index (χ4n) is 1.85. The second-order valence-corrected chi connectivity index (χ2v) is 5.87. The van der Waals surface area contributed by atoms with Crippen LogP contribution in [0.15, 0.2) is 24.3 Å². The fraction of sp³-hybridized carbons (Fsp3) is 0.571. The molecular weight excluding hydrogens is 264 g/mol. The second kappa shape index (κ2) is 6.95. The largest absolute Gasteiger partial charge is 0.493 e. The third-order valence-corrected chi connectivity index (χ3v) is 2.96. The first kappa shape index (κ1) is 13.6. The lowest BCUT2D eigenvalue weighted by atomic mass is 9.96. The van der Waals surface area contributed by atoms with Crippen LogP contribution in [-0.4, -0.2) is 11.4 Å². The molecule has 0 N–H and O–H groups in total. The van der Waals surface area contributed by atoms with Crippen molar-refractivity contribution in [3.63, 3.8) is 0 Å². The average molecular weight is 285 g/mol. The first-order valence-corrected chi connectivity index (χ1v) is 6.92. The summed E-state index contributed by atoms with van der Waals surface area (Å²) in [7, 11) is 0. The third kappa shape index (κ3) is 4.17. The summed E-state index contributed by atoms with van der Waals surface area (Å²) in [6.07, 6.45) is 2.18. The monoisotopic (exact) mass is 284 g/mol. The van der Waals surface area contributed by atoms with E-state index in [0.29, 0.717) is 10.7 Å². The molecule has 0 amide bonds. The summed E-state index contributed by atoms with van der Waals surface area (Å²) in [5.74, 6) is 1.58. The van der Waals surface area contributed by atoms with Crippen LogP contribution in [0.5, 0.6) is 5.75 Å². The highest BCUT2D eigenvalue weighted by Gasteiger charge is 2.13. The summed E-state index contributed by atoms with van der Waals surface area (Å²) in [5.41, 5.74) is 1.32. The molecule has 0 bridgehead atoms. The number of hydrogen-bond acceptors (Lipinski definition) is 1. The molecule has 0 spiro atoms. The van der Waals surface area contributed by atoms with Gasteiger partial charge in [0.05, 0.1) is 6.61 Å². The number of rotatable bonds is 6. The Morgan fingerprint density at radius 3 is 2.56 bits per heavy atom. The molecule has 1 rings (SSSR count). The molecule has 0 radical (unpaired) electrons. The minimum absolute atomic E-state index is 0.530. The molecule has 0 aliphatic rings. The van der Waals surface area contributed by atoms with E-state index >= 15 is 0 Å². The molecule has 1 aromatic rings. The van der Waals surface area contributed by atoms with Crippen LogP contribution >= 0.6 is 15.9 Å². The van der Waals surface area contributed by atoms with Crippen LogP contribution in [0.4, 0.5) is 0 Å². The number of hydrogen-bond donors (Lipinski definition) is 0. The maximum absolute atomic E-state index is 5.77. The predicted molar refractivity (Wildman–Crippen MR) is 73.6 cm³/mol. The van der Waals surface area contributed by atoms with E-state index in [4.69, 9.17) is 4.74 Å². The van der Waals surface area contributed by atoms with Crippen LogP contribution in [0.25, 0.3) is 0 Å². The molecular formula is C14H21BrO. The third-order valence-electron chi connectivity index (χ3n) is 2.59. The van der Waals surface area contributed by atoms with Crippen molar-refractivity contribution in [3.05, 3.63) is 29.8 Å². The summed E-state index contributed by atoms with van der Waals surface area (Å²) in [6, 6.07) is 8.37. The summed E-state index contributed by atoms with van der Waals surface area (Å²) in [6.45, 7) is 7.37. The van der Waals surface area contributed by atoms with Crippen molar-refractivity contribution in [2.24, 2.45) is 0 Å². The van der Waals surface area contributed by atoms with E-state index in [-0.39, 0.29) is 0 Å². The molecule has 90 valence electrons. The van der Waals surface area contributed by atoms with Crippen molar-refractivity contribution in [1.29, 1.82) is 0 Å². The van der Waals surface area contributed by atoms with E-state index in [2.05, 4.69) is 54.9 Å². The van der Waals surface area contributed by atoms with E-state index in [1.165, 1.54) is 5.56 Å². The molecule has 0 aliphatic carbocycles. The number of benzene rings is 1. The number of ether oxygens (including phenoxy) is 1. The van der Waals surface area contributed by atoms with Crippen molar-refractivity contribution < 1.29 is 4.74 Å². The highest BCUT2D eigenvalue weighted by Crippen LogP contribution is 2.30. The number of para-hydroxylation sites is 1. The van der Waals surface area contributed by atoms with Crippen LogP contribution in [0.1, 0.15) is 45.1 Å². The molecule has 0 saturated carbocycles. The Balaban J connectivity index is 2.76. The van der Waals surface area contributed by atoms with Crippen LogP contribution in [-0.2, 0) is 0 Å². The van der Waals surface area contributed by atoms with Gasteiger partial charge in [-0.3, -0.25) is 0 Å². The zero-order chi connectivity index (χ0) is 12.0. The van der Waals surface area contributed by atoms with Crippen molar-refractivity contribution in [2.75, 3.05) is 6.61 Å². The Hall–Kier alpha value is -0.500. The second-order valence-electron chi connectivity index (χ2n) is 4.30. The van der Waals surface area contributed by atoms with E-state index < -0.39 is 0 Å². The fourth-order valence-corrected chi connectivity index (χ4v) is 2.41. The molecule has 0 aliphatic heterocycles. The van der Waals surface area contributed by atoms with Gasteiger partial charge in [0.1, 0.15) is 5.75 Å².